The van der Waals surface area contributed by atoms with E-state index in [1.165, 1.54) is 33.5 Å². The number of benzene rings is 2. The lowest BCUT2D eigenvalue weighted by molar-refractivity contribution is 0.00699. The number of halogens is 1. The fourth-order valence-corrected chi connectivity index (χ4v) is 3.74. The fourth-order valence-electron chi connectivity index (χ4n) is 2.41. The number of rotatable bonds is 8. The van der Waals surface area contributed by atoms with Crippen LogP contribution in [0.5, 0.6) is 11.5 Å². The molecule has 0 spiro atoms. The van der Waals surface area contributed by atoms with Crippen LogP contribution in [0.4, 0.5) is 0 Å². The van der Waals surface area contributed by atoms with Crippen LogP contribution >= 0.6 is 11.6 Å². The van der Waals surface area contributed by atoms with Crippen LogP contribution in [0.2, 0.25) is 5.02 Å². The van der Waals surface area contributed by atoms with Crippen molar-refractivity contribution in [1.29, 1.82) is 0 Å². The van der Waals surface area contributed by atoms with Gasteiger partial charge >= 0.3 is 0 Å². The van der Waals surface area contributed by atoms with E-state index in [-0.39, 0.29) is 11.4 Å². The van der Waals surface area contributed by atoms with Gasteiger partial charge in [0.2, 0.25) is 10.0 Å². The smallest absolute Gasteiger partial charge is 0.240 e. The first-order valence-corrected chi connectivity index (χ1v) is 9.65. The Morgan fingerprint density at radius 2 is 1.73 bits per heavy atom. The molecule has 0 heterocycles. The molecule has 0 amide bonds. The molecule has 0 fully saturated rings. The first kappa shape index (κ1) is 20.5. The maximum absolute atomic E-state index is 12.7. The normalized spacial score (nSPS) is 13.9. The summed E-state index contributed by atoms with van der Waals surface area (Å²) >= 11 is 6.04. The summed E-state index contributed by atoms with van der Waals surface area (Å²) < 4.78 is 43.8. The third-order valence-corrected chi connectivity index (χ3v) is 5.78. The van der Waals surface area contributed by atoms with E-state index >= 15 is 0 Å². The number of hydrogen-bond donors (Lipinski definition) is 1. The van der Waals surface area contributed by atoms with Crippen molar-refractivity contribution < 1.29 is 22.6 Å². The zero-order valence-corrected chi connectivity index (χ0v) is 16.6. The van der Waals surface area contributed by atoms with Crippen molar-refractivity contribution in [3.63, 3.8) is 0 Å². The van der Waals surface area contributed by atoms with Crippen molar-refractivity contribution >= 4 is 21.6 Å². The van der Waals surface area contributed by atoms with Gasteiger partial charge < -0.3 is 14.2 Å². The standard InChI is InChI=1S/C18H22ClNO5S/c1-18(25-4,13-6-5-7-14(19)10-13)12-20-26(21,22)15-8-9-16(23-2)17(11-15)24-3/h5-11,20H,12H2,1-4H3. The van der Waals surface area contributed by atoms with Crippen molar-refractivity contribution in [1.82, 2.24) is 4.72 Å². The van der Waals surface area contributed by atoms with Crippen LogP contribution in [0.1, 0.15) is 12.5 Å². The van der Waals surface area contributed by atoms with Crippen LogP contribution in [0.3, 0.4) is 0 Å². The highest BCUT2D eigenvalue weighted by Gasteiger charge is 2.29. The number of methoxy groups -OCH3 is 3. The number of ether oxygens (including phenoxy) is 3. The molecule has 2 aromatic carbocycles. The lowest BCUT2D eigenvalue weighted by Gasteiger charge is -2.29. The molecule has 1 atom stereocenters. The molecule has 0 aliphatic rings. The molecule has 0 saturated heterocycles. The quantitative estimate of drug-likeness (QED) is 0.737. The van der Waals surface area contributed by atoms with Gasteiger partial charge in [0, 0.05) is 24.7 Å². The highest BCUT2D eigenvalue weighted by atomic mass is 35.5. The van der Waals surface area contributed by atoms with Gasteiger partial charge in [-0.2, -0.15) is 0 Å². The van der Waals surface area contributed by atoms with Gasteiger partial charge in [-0.1, -0.05) is 23.7 Å². The van der Waals surface area contributed by atoms with Crippen molar-refractivity contribution in [2.24, 2.45) is 0 Å². The molecule has 0 aromatic heterocycles. The summed E-state index contributed by atoms with van der Waals surface area (Å²) in [4.78, 5) is 0.0692. The molecule has 0 aliphatic carbocycles. The summed E-state index contributed by atoms with van der Waals surface area (Å²) in [7, 11) is 0.674. The van der Waals surface area contributed by atoms with E-state index in [1.807, 2.05) is 6.07 Å². The summed E-state index contributed by atoms with van der Waals surface area (Å²) in [5, 5.41) is 0.550. The average Bonchev–Trinajstić information content (AvgIpc) is 2.65. The lowest BCUT2D eigenvalue weighted by Crippen LogP contribution is -2.40. The summed E-state index contributed by atoms with van der Waals surface area (Å²) in [5.41, 5.74) is -0.114. The molecule has 142 valence electrons. The molecule has 8 heteroatoms. The fraction of sp³-hybridized carbons (Fsp3) is 0.333. The van der Waals surface area contributed by atoms with E-state index in [1.54, 1.807) is 31.2 Å². The molecule has 0 bridgehead atoms. The zero-order chi connectivity index (χ0) is 19.4. The molecule has 2 rings (SSSR count). The predicted molar refractivity (Wildman–Crippen MR) is 101 cm³/mol. The van der Waals surface area contributed by atoms with Crippen molar-refractivity contribution in [3.05, 3.63) is 53.1 Å². The second-order valence-electron chi connectivity index (χ2n) is 5.79. The van der Waals surface area contributed by atoms with Gasteiger partial charge in [-0.05, 0) is 36.8 Å². The van der Waals surface area contributed by atoms with Crippen molar-refractivity contribution in [2.45, 2.75) is 17.4 Å². The molecular formula is C18H22ClNO5S. The molecule has 2 aromatic rings. The largest absolute Gasteiger partial charge is 0.493 e. The van der Waals surface area contributed by atoms with Crippen LogP contribution in [0.25, 0.3) is 0 Å². The Morgan fingerprint density at radius 3 is 2.31 bits per heavy atom. The van der Waals surface area contributed by atoms with Crippen LogP contribution in [0, 0.1) is 0 Å². The molecule has 0 aliphatic heterocycles. The van der Waals surface area contributed by atoms with E-state index < -0.39 is 15.6 Å². The van der Waals surface area contributed by atoms with Crippen LogP contribution in [-0.2, 0) is 20.4 Å². The second kappa shape index (κ2) is 8.26. The van der Waals surface area contributed by atoms with Gasteiger partial charge in [0.15, 0.2) is 11.5 Å². The summed E-state index contributed by atoms with van der Waals surface area (Å²) in [6, 6.07) is 11.5. The van der Waals surface area contributed by atoms with E-state index in [4.69, 9.17) is 25.8 Å². The minimum absolute atomic E-state index is 0.0283. The maximum atomic E-state index is 12.7. The first-order chi connectivity index (χ1) is 12.3. The molecule has 6 nitrogen and oxygen atoms in total. The van der Waals surface area contributed by atoms with Gasteiger partial charge in [-0.15, -0.1) is 0 Å². The second-order valence-corrected chi connectivity index (χ2v) is 7.99. The number of nitrogens with one attached hydrogen (secondary N) is 1. The maximum Gasteiger partial charge on any atom is 0.240 e. The Morgan fingerprint density at radius 1 is 1.04 bits per heavy atom. The van der Waals surface area contributed by atoms with Crippen LogP contribution in [-0.4, -0.2) is 36.3 Å². The zero-order valence-electron chi connectivity index (χ0n) is 15.1. The SMILES string of the molecule is COc1ccc(S(=O)(=O)NCC(C)(OC)c2cccc(Cl)c2)cc1OC. The number of hydrogen-bond acceptors (Lipinski definition) is 5. The number of sulfonamides is 1. The van der Waals surface area contributed by atoms with E-state index in [9.17, 15) is 8.42 Å². The first-order valence-electron chi connectivity index (χ1n) is 7.78. The van der Waals surface area contributed by atoms with Gasteiger partial charge in [0.05, 0.1) is 19.1 Å². The third kappa shape index (κ3) is 4.48. The molecular weight excluding hydrogens is 378 g/mol. The monoisotopic (exact) mass is 399 g/mol. The summed E-state index contributed by atoms with van der Waals surface area (Å²) in [5.74, 6) is 0.784. The molecule has 1 unspecified atom stereocenters. The van der Waals surface area contributed by atoms with E-state index in [0.717, 1.165) is 5.56 Å². The van der Waals surface area contributed by atoms with Gasteiger partial charge in [-0.3, -0.25) is 0 Å². The summed E-state index contributed by atoms with van der Waals surface area (Å²) in [6.45, 7) is 1.82. The molecule has 26 heavy (non-hydrogen) atoms. The Kier molecular flexibility index (Phi) is 6.52. The van der Waals surface area contributed by atoms with Gasteiger partial charge in [-0.25, -0.2) is 13.1 Å². The minimum atomic E-state index is -3.78. The predicted octanol–water partition coefficient (Wildman–Crippen LogP) is 3.20. The highest BCUT2D eigenvalue weighted by molar-refractivity contribution is 7.89. The Labute approximate surface area is 159 Å². The van der Waals surface area contributed by atoms with Gasteiger partial charge in [0.1, 0.15) is 5.60 Å². The van der Waals surface area contributed by atoms with E-state index in [2.05, 4.69) is 4.72 Å². The minimum Gasteiger partial charge on any atom is -0.493 e. The Balaban J connectivity index is 2.26. The van der Waals surface area contributed by atoms with Crippen LogP contribution < -0.4 is 14.2 Å². The average molecular weight is 400 g/mol. The van der Waals surface area contributed by atoms with Gasteiger partial charge in [0.25, 0.3) is 0 Å². The topological polar surface area (TPSA) is 73.9 Å². The molecule has 1 N–H and O–H groups in total. The molecule has 0 radical (unpaired) electrons. The highest BCUT2D eigenvalue weighted by Crippen LogP contribution is 2.30. The van der Waals surface area contributed by atoms with Crippen molar-refractivity contribution in [3.8, 4) is 11.5 Å². The van der Waals surface area contributed by atoms with Crippen molar-refractivity contribution in [2.75, 3.05) is 27.9 Å². The summed E-state index contributed by atoms with van der Waals surface area (Å²) in [6.07, 6.45) is 0. The Hall–Kier alpha value is -1.80. The van der Waals surface area contributed by atoms with E-state index in [0.29, 0.717) is 16.5 Å². The molecule has 0 saturated carbocycles. The van der Waals surface area contributed by atoms with Crippen LogP contribution in [0.15, 0.2) is 47.4 Å². The third-order valence-electron chi connectivity index (χ3n) is 4.15. The Bertz CT molecular complexity index is 872. The lowest BCUT2D eigenvalue weighted by atomic mass is 9.96.